The monoisotopic (exact) mass is 465 g/mol. The van der Waals surface area contributed by atoms with Gasteiger partial charge in [0.2, 0.25) is 0 Å². The van der Waals surface area contributed by atoms with Crippen LogP contribution in [0.3, 0.4) is 0 Å². The molecule has 6 nitrogen and oxygen atoms in total. The first kappa shape index (κ1) is 24.1. The molecule has 0 atom stereocenters. The highest BCUT2D eigenvalue weighted by Gasteiger charge is 2.29. The van der Waals surface area contributed by atoms with Crippen LogP contribution in [-0.2, 0) is 21.2 Å². The predicted molar refractivity (Wildman–Crippen MR) is 130 cm³/mol. The number of anilines is 1. The lowest BCUT2D eigenvalue weighted by molar-refractivity contribution is -0.113. The number of hydrogen-bond acceptors (Lipinski definition) is 5. The van der Waals surface area contributed by atoms with Crippen molar-refractivity contribution in [3.05, 3.63) is 89.5 Å². The first-order valence-corrected chi connectivity index (χ1v) is 11.9. The molecule has 33 heavy (non-hydrogen) atoms. The van der Waals surface area contributed by atoms with Gasteiger partial charge in [-0.15, -0.1) is 0 Å². The van der Waals surface area contributed by atoms with Gasteiger partial charge in [0.25, 0.3) is 15.9 Å². The fourth-order valence-electron chi connectivity index (χ4n) is 3.26. The van der Waals surface area contributed by atoms with Crippen LogP contribution >= 0.6 is 0 Å². The van der Waals surface area contributed by atoms with E-state index in [9.17, 15) is 13.2 Å². The number of ether oxygens (including phenoxy) is 2. The van der Waals surface area contributed by atoms with Gasteiger partial charge in [-0.25, -0.2) is 8.42 Å². The van der Waals surface area contributed by atoms with Crippen molar-refractivity contribution >= 4 is 27.7 Å². The molecule has 1 amide bonds. The Balaban J connectivity index is 2.02. The minimum absolute atomic E-state index is 0.0422. The predicted octanol–water partition coefficient (Wildman–Crippen LogP) is 5.01. The Morgan fingerprint density at radius 3 is 2.12 bits per heavy atom. The highest BCUT2D eigenvalue weighted by molar-refractivity contribution is 7.93. The summed E-state index contributed by atoms with van der Waals surface area (Å²) >= 11 is 0. The van der Waals surface area contributed by atoms with E-state index in [0.29, 0.717) is 17.1 Å². The van der Waals surface area contributed by atoms with Crippen LogP contribution in [0, 0.1) is 6.92 Å². The zero-order chi connectivity index (χ0) is 24.0. The van der Waals surface area contributed by atoms with Gasteiger partial charge < -0.3 is 9.47 Å². The first-order valence-electron chi connectivity index (χ1n) is 10.4. The van der Waals surface area contributed by atoms with Gasteiger partial charge in [0.15, 0.2) is 11.5 Å². The van der Waals surface area contributed by atoms with Crippen LogP contribution in [0.1, 0.15) is 23.6 Å². The summed E-state index contributed by atoms with van der Waals surface area (Å²) in [4.78, 5) is 13.3. The number of methoxy groups -OCH3 is 2. The molecule has 0 unspecified atom stereocenters. The van der Waals surface area contributed by atoms with E-state index in [4.69, 9.17) is 9.47 Å². The van der Waals surface area contributed by atoms with Gasteiger partial charge in [-0.2, -0.15) is 4.31 Å². The van der Waals surface area contributed by atoms with Crippen molar-refractivity contribution in [1.29, 1.82) is 0 Å². The second-order valence-corrected chi connectivity index (χ2v) is 9.18. The molecule has 0 N–H and O–H groups in total. The number of nitrogens with zero attached hydrogens (tertiary/aromatic N) is 1. The highest BCUT2D eigenvalue weighted by atomic mass is 32.2. The van der Waals surface area contributed by atoms with Crippen LogP contribution in [0.2, 0.25) is 0 Å². The van der Waals surface area contributed by atoms with E-state index in [0.717, 1.165) is 21.9 Å². The maximum absolute atomic E-state index is 13.5. The lowest BCUT2D eigenvalue weighted by Crippen LogP contribution is -2.35. The number of amides is 1. The summed E-state index contributed by atoms with van der Waals surface area (Å²) in [7, 11) is -1.07. The maximum Gasteiger partial charge on any atom is 0.271 e. The van der Waals surface area contributed by atoms with Gasteiger partial charge in [-0.05, 0) is 66.9 Å². The molecule has 7 heteroatoms. The third-order valence-electron chi connectivity index (χ3n) is 5.16. The number of rotatable bonds is 8. The molecule has 0 spiro atoms. The van der Waals surface area contributed by atoms with E-state index in [2.05, 4.69) is 0 Å². The summed E-state index contributed by atoms with van der Waals surface area (Å²) in [6.45, 7) is 3.88. The molecule has 0 heterocycles. The zero-order valence-corrected chi connectivity index (χ0v) is 19.9. The van der Waals surface area contributed by atoms with Crippen LogP contribution in [0.15, 0.2) is 77.7 Å². The van der Waals surface area contributed by atoms with Crippen LogP contribution in [0.25, 0.3) is 6.08 Å². The second kappa shape index (κ2) is 10.4. The van der Waals surface area contributed by atoms with Crippen molar-refractivity contribution in [2.24, 2.45) is 0 Å². The highest BCUT2D eigenvalue weighted by Crippen LogP contribution is 2.29. The number of carbonyl (C=O) groups is 1. The largest absolute Gasteiger partial charge is 0.493 e. The summed E-state index contributed by atoms with van der Waals surface area (Å²) < 4.78 is 38.3. The minimum atomic E-state index is -4.13. The van der Waals surface area contributed by atoms with Crippen LogP contribution in [-0.4, -0.2) is 28.5 Å². The number of hydrogen-bond donors (Lipinski definition) is 0. The Morgan fingerprint density at radius 1 is 0.909 bits per heavy atom. The summed E-state index contributed by atoms with van der Waals surface area (Å²) in [5, 5.41) is 0. The van der Waals surface area contributed by atoms with Gasteiger partial charge in [-0.1, -0.05) is 42.8 Å². The lowest BCUT2D eigenvalue weighted by Gasteiger charge is -2.22. The summed E-state index contributed by atoms with van der Waals surface area (Å²) in [5.74, 6) is 0.376. The molecule has 0 fully saturated rings. The van der Waals surface area contributed by atoms with Crippen molar-refractivity contribution in [3.8, 4) is 11.5 Å². The SMILES string of the molecule is CCc1ccc(N(C(=O)/C=C/c2ccc(OC)c(OC)c2)S(=O)(=O)c2ccc(C)cc2)cc1. The average molecular weight is 466 g/mol. The summed E-state index contributed by atoms with van der Waals surface area (Å²) in [6, 6.07) is 18.5. The van der Waals surface area contributed by atoms with Crippen molar-refractivity contribution in [1.82, 2.24) is 0 Å². The molecule has 172 valence electrons. The maximum atomic E-state index is 13.5. The van der Waals surface area contributed by atoms with Crippen molar-refractivity contribution in [2.75, 3.05) is 18.5 Å². The van der Waals surface area contributed by atoms with Gasteiger partial charge in [0, 0.05) is 6.08 Å². The quantitative estimate of drug-likeness (QED) is 0.437. The van der Waals surface area contributed by atoms with Gasteiger partial charge in [0.05, 0.1) is 24.8 Å². The number of benzene rings is 3. The first-order chi connectivity index (χ1) is 15.8. The van der Waals surface area contributed by atoms with Crippen LogP contribution < -0.4 is 13.8 Å². The molecule has 0 aromatic heterocycles. The average Bonchev–Trinajstić information content (AvgIpc) is 2.83. The zero-order valence-electron chi connectivity index (χ0n) is 19.1. The van der Waals surface area contributed by atoms with Crippen molar-refractivity contribution < 1.29 is 22.7 Å². The number of sulfonamides is 1. The van der Waals surface area contributed by atoms with Gasteiger partial charge in [-0.3, -0.25) is 4.79 Å². The van der Waals surface area contributed by atoms with Crippen LogP contribution in [0.5, 0.6) is 11.5 Å². The van der Waals surface area contributed by atoms with Crippen LogP contribution in [0.4, 0.5) is 5.69 Å². The number of carbonyl (C=O) groups excluding carboxylic acids is 1. The molecule has 0 aliphatic heterocycles. The normalized spacial score (nSPS) is 11.4. The Hall–Kier alpha value is -3.58. The lowest BCUT2D eigenvalue weighted by atomic mass is 10.1. The van der Waals surface area contributed by atoms with E-state index in [1.165, 1.54) is 32.4 Å². The van der Waals surface area contributed by atoms with Gasteiger partial charge in [0.1, 0.15) is 0 Å². The molecule has 0 bridgehead atoms. The fraction of sp³-hybridized carbons (Fsp3) is 0.192. The Labute approximate surface area is 195 Å². The number of aryl methyl sites for hydroxylation is 2. The molecule has 0 saturated heterocycles. The molecular weight excluding hydrogens is 438 g/mol. The van der Waals surface area contributed by atoms with Crippen molar-refractivity contribution in [3.63, 3.8) is 0 Å². The Morgan fingerprint density at radius 2 is 1.55 bits per heavy atom. The molecule has 3 rings (SSSR count). The third kappa shape index (κ3) is 5.43. The minimum Gasteiger partial charge on any atom is -0.493 e. The Kier molecular flexibility index (Phi) is 7.55. The van der Waals surface area contributed by atoms with Crippen molar-refractivity contribution in [2.45, 2.75) is 25.2 Å². The van der Waals surface area contributed by atoms with E-state index in [1.807, 2.05) is 26.0 Å². The van der Waals surface area contributed by atoms with E-state index in [-0.39, 0.29) is 10.6 Å². The summed E-state index contributed by atoms with van der Waals surface area (Å²) in [6.07, 6.45) is 3.58. The molecule has 3 aromatic carbocycles. The van der Waals surface area contributed by atoms with E-state index in [1.54, 1.807) is 48.5 Å². The molecule has 0 saturated carbocycles. The molecular formula is C26H27NO5S. The topological polar surface area (TPSA) is 72.9 Å². The standard InChI is InChI=1S/C26H27NO5S/c1-5-20-8-12-22(13-9-20)27(33(29,30)23-14-6-19(2)7-15-23)26(28)17-11-21-10-16-24(31-3)25(18-21)32-4/h6-18H,5H2,1-4H3/b17-11+. The molecule has 0 radical (unpaired) electrons. The second-order valence-electron chi connectivity index (χ2n) is 7.39. The van der Waals surface area contributed by atoms with E-state index < -0.39 is 15.9 Å². The van der Waals surface area contributed by atoms with E-state index >= 15 is 0 Å². The molecule has 0 aliphatic rings. The molecule has 0 aliphatic carbocycles. The third-order valence-corrected chi connectivity index (χ3v) is 6.90. The molecule has 3 aromatic rings. The Bertz CT molecular complexity index is 1250. The fourth-order valence-corrected chi connectivity index (χ4v) is 4.65. The summed E-state index contributed by atoms with van der Waals surface area (Å²) in [5.41, 5.74) is 2.90. The van der Waals surface area contributed by atoms with Gasteiger partial charge >= 0.3 is 0 Å². The smallest absolute Gasteiger partial charge is 0.271 e.